The van der Waals surface area contributed by atoms with Crippen LogP contribution in [0.5, 0.6) is 5.75 Å². The van der Waals surface area contributed by atoms with E-state index in [2.05, 4.69) is 15.2 Å². The second kappa shape index (κ2) is 7.22. The fraction of sp³-hybridized carbons (Fsp3) is 0.333. The van der Waals surface area contributed by atoms with Crippen molar-refractivity contribution in [2.75, 3.05) is 30.4 Å². The van der Waals surface area contributed by atoms with Crippen LogP contribution in [0.4, 0.5) is 10.8 Å². The average molecular weight is 390 g/mol. The van der Waals surface area contributed by atoms with Gasteiger partial charge >= 0.3 is 0 Å². The second-order valence-corrected chi connectivity index (χ2v) is 8.24. The van der Waals surface area contributed by atoms with Crippen molar-refractivity contribution in [1.29, 1.82) is 0 Å². The average Bonchev–Trinajstić information content (AvgIpc) is 3.21. The van der Waals surface area contributed by atoms with Gasteiger partial charge in [0.25, 0.3) is 5.91 Å². The van der Waals surface area contributed by atoms with Crippen LogP contribution in [0.15, 0.2) is 30.3 Å². The van der Waals surface area contributed by atoms with E-state index in [0.29, 0.717) is 11.4 Å². The van der Waals surface area contributed by atoms with Crippen LogP contribution in [0.3, 0.4) is 0 Å². The zero-order valence-electron chi connectivity index (χ0n) is 14.3. The summed E-state index contributed by atoms with van der Waals surface area (Å²) in [6.45, 7) is 1.55. The van der Waals surface area contributed by atoms with Crippen molar-refractivity contribution in [3.8, 4) is 5.75 Å². The number of nitrogens with one attached hydrogen (secondary N) is 1. The summed E-state index contributed by atoms with van der Waals surface area (Å²) in [5, 5.41) is 13.7. The molecule has 0 radical (unpaired) electrons. The highest BCUT2D eigenvalue weighted by molar-refractivity contribution is 7.29. The van der Waals surface area contributed by atoms with Gasteiger partial charge in [-0.05, 0) is 43.2 Å². The summed E-state index contributed by atoms with van der Waals surface area (Å²) in [5.41, 5.74) is 0.725. The topological polar surface area (TPSA) is 74.7 Å². The van der Waals surface area contributed by atoms with E-state index in [0.717, 1.165) is 45.5 Å². The molecule has 136 valence electrons. The number of thiophene rings is 1. The fourth-order valence-corrected chi connectivity index (χ4v) is 5.11. The zero-order valence-corrected chi connectivity index (χ0v) is 15.9. The molecule has 6 nitrogen and oxygen atoms in total. The van der Waals surface area contributed by atoms with Gasteiger partial charge in [0, 0.05) is 18.8 Å². The van der Waals surface area contributed by atoms with Crippen molar-refractivity contribution in [2.24, 2.45) is 0 Å². The first-order chi connectivity index (χ1) is 12.6. The van der Waals surface area contributed by atoms with Crippen molar-refractivity contribution < 1.29 is 14.6 Å². The van der Waals surface area contributed by atoms with Crippen molar-refractivity contribution in [1.82, 2.24) is 4.98 Å². The number of carbonyl (C=O) groups is 1. The quantitative estimate of drug-likeness (QED) is 0.713. The number of amides is 1. The summed E-state index contributed by atoms with van der Waals surface area (Å²) in [5.74, 6) is 0.611. The number of aliphatic hydroxyl groups is 1. The third kappa shape index (κ3) is 3.53. The Kier molecular flexibility index (Phi) is 4.80. The molecule has 2 N–H and O–H groups in total. The minimum atomic E-state index is -0.281. The van der Waals surface area contributed by atoms with Gasteiger partial charge < -0.3 is 20.1 Å². The number of methoxy groups -OCH3 is 1. The van der Waals surface area contributed by atoms with E-state index in [-0.39, 0.29) is 12.0 Å². The van der Waals surface area contributed by atoms with Gasteiger partial charge in [0.15, 0.2) is 5.13 Å². The lowest BCUT2D eigenvalue weighted by atomic mass is 10.1. The lowest BCUT2D eigenvalue weighted by Gasteiger charge is -2.29. The summed E-state index contributed by atoms with van der Waals surface area (Å²) >= 11 is 2.96. The SMILES string of the molecule is COc1ccc(NC(=O)c2cc3sc(N4CCCC(O)C4)nc3s2)cc1. The molecule has 0 saturated carbocycles. The largest absolute Gasteiger partial charge is 0.497 e. The zero-order chi connectivity index (χ0) is 18.1. The number of nitrogens with zero attached hydrogens (tertiary/aromatic N) is 2. The van der Waals surface area contributed by atoms with Crippen molar-refractivity contribution in [3.63, 3.8) is 0 Å². The van der Waals surface area contributed by atoms with Crippen LogP contribution in [-0.4, -0.2) is 42.3 Å². The molecule has 1 saturated heterocycles. The Morgan fingerprint density at radius 1 is 1.35 bits per heavy atom. The number of carbonyl (C=O) groups excluding carboxylic acids is 1. The number of aliphatic hydroxyl groups excluding tert-OH is 1. The van der Waals surface area contributed by atoms with Gasteiger partial charge in [-0.3, -0.25) is 4.79 Å². The number of hydrogen-bond donors (Lipinski definition) is 2. The number of hydrogen-bond acceptors (Lipinski definition) is 7. The van der Waals surface area contributed by atoms with E-state index in [1.165, 1.54) is 11.3 Å². The Balaban J connectivity index is 1.48. The van der Waals surface area contributed by atoms with Crippen LogP contribution in [0.1, 0.15) is 22.5 Å². The van der Waals surface area contributed by atoms with E-state index in [1.807, 2.05) is 30.3 Å². The molecular formula is C18H19N3O3S2. The van der Waals surface area contributed by atoms with Crippen LogP contribution in [-0.2, 0) is 0 Å². The van der Waals surface area contributed by atoms with Crippen molar-refractivity contribution >= 4 is 48.9 Å². The molecule has 2 aromatic heterocycles. The van der Waals surface area contributed by atoms with E-state index >= 15 is 0 Å². The molecule has 8 heteroatoms. The van der Waals surface area contributed by atoms with E-state index in [1.54, 1.807) is 18.4 Å². The maximum Gasteiger partial charge on any atom is 0.265 e. The summed E-state index contributed by atoms with van der Waals surface area (Å²) in [6, 6.07) is 9.13. The minimum Gasteiger partial charge on any atom is -0.497 e. The maximum absolute atomic E-state index is 12.5. The van der Waals surface area contributed by atoms with Crippen LogP contribution >= 0.6 is 22.7 Å². The Morgan fingerprint density at radius 2 is 2.15 bits per heavy atom. The second-order valence-electron chi connectivity index (χ2n) is 6.20. The predicted molar refractivity (Wildman–Crippen MR) is 106 cm³/mol. The highest BCUT2D eigenvalue weighted by Crippen LogP contribution is 2.35. The molecule has 1 amide bonds. The first kappa shape index (κ1) is 17.3. The normalized spacial score (nSPS) is 17.5. The molecule has 26 heavy (non-hydrogen) atoms. The molecule has 3 heterocycles. The van der Waals surface area contributed by atoms with Gasteiger partial charge in [-0.2, -0.15) is 0 Å². The highest BCUT2D eigenvalue weighted by atomic mass is 32.1. The van der Waals surface area contributed by atoms with E-state index in [4.69, 9.17) is 4.74 Å². The molecule has 0 aliphatic carbocycles. The number of aromatic nitrogens is 1. The van der Waals surface area contributed by atoms with Gasteiger partial charge in [-0.1, -0.05) is 11.3 Å². The standard InChI is InChI=1S/C18H19N3O3S2/c1-24-13-6-4-11(5-7-13)19-16(23)14-9-15-17(25-14)20-18(26-15)21-8-2-3-12(22)10-21/h4-7,9,12,22H,2-3,8,10H2,1H3,(H,19,23). The fourth-order valence-electron chi connectivity index (χ4n) is 2.97. The third-order valence-electron chi connectivity index (χ3n) is 4.32. The van der Waals surface area contributed by atoms with Crippen LogP contribution in [0.25, 0.3) is 9.53 Å². The van der Waals surface area contributed by atoms with Gasteiger partial charge in [0.05, 0.1) is 22.8 Å². The highest BCUT2D eigenvalue weighted by Gasteiger charge is 2.22. The number of ether oxygens (including phenoxy) is 1. The van der Waals surface area contributed by atoms with E-state index < -0.39 is 0 Å². The first-order valence-corrected chi connectivity index (χ1v) is 10.0. The summed E-state index contributed by atoms with van der Waals surface area (Å²) in [4.78, 5) is 20.8. The lowest BCUT2D eigenvalue weighted by molar-refractivity contribution is 0.103. The molecule has 1 aromatic carbocycles. The molecule has 1 aliphatic heterocycles. The van der Waals surface area contributed by atoms with Gasteiger partial charge in [0.2, 0.25) is 0 Å². The molecular weight excluding hydrogens is 370 g/mol. The first-order valence-electron chi connectivity index (χ1n) is 8.41. The molecule has 1 atom stereocenters. The Morgan fingerprint density at radius 3 is 2.85 bits per heavy atom. The molecule has 1 fully saturated rings. The lowest BCUT2D eigenvalue weighted by Crippen LogP contribution is -2.38. The monoisotopic (exact) mass is 389 g/mol. The molecule has 1 unspecified atom stereocenters. The molecule has 1 aliphatic rings. The molecule has 4 rings (SSSR count). The number of thiazole rings is 1. The maximum atomic E-state index is 12.5. The summed E-state index contributed by atoms with van der Waals surface area (Å²) < 4.78 is 6.12. The van der Waals surface area contributed by atoms with E-state index in [9.17, 15) is 9.90 Å². The van der Waals surface area contributed by atoms with Crippen LogP contribution in [0.2, 0.25) is 0 Å². The molecule has 3 aromatic rings. The minimum absolute atomic E-state index is 0.139. The Labute approximate surface area is 159 Å². The van der Waals surface area contributed by atoms with Gasteiger partial charge in [0.1, 0.15) is 10.6 Å². The van der Waals surface area contributed by atoms with Crippen LogP contribution in [0, 0.1) is 0 Å². The number of rotatable bonds is 4. The molecule has 0 bridgehead atoms. The molecule has 0 spiro atoms. The number of piperidine rings is 1. The predicted octanol–water partition coefficient (Wildman–Crippen LogP) is 3.58. The van der Waals surface area contributed by atoms with Gasteiger partial charge in [-0.25, -0.2) is 4.98 Å². The number of anilines is 2. The third-order valence-corrected chi connectivity index (χ3v) is 6.54. The summed E-state index contributed by atoms with van der Waals surface area (Å²) in [7, 11) is 1.61. The van der Waals surface area contributed by atoms with Crippen molar-refractivity contribution in [2.45, 2.75) is 18.9 Å². The number of benzene rings is 1. The number of β-amino-alcohol motifs (C(OH)–C–C–N with tert-alkyl or cyclic N) is 1. The van der Waals surface area contributed by atoms with Gasteiger partial charge in [-0.15, -0.1) is 11.3 Å². The van der Waals surface area contributed by atoms with Crippen LogP contribution < -0.4 is 15.0 Å². The van der Waals surface area contributed by atoms with Crippen molar-refractivity contribution in [3.05, 3.63) is 35.2 Å². The summed E-state index contributed by atoms with van der Waals surface area (Å²) in [6.07, 6.45) is 1.55. The Hall–Kier alpha value is -2.16. The Bertz CT molecular complexity index is 888. The number of fused-ring (bicyclic) bond motifs is 1. The smallest absolute Gasteiger partial charge is 0.265 e.